The predicted molar refractivity (Wildman–Crippen MR) is 126 cm³/mol. The number of hydrogen-bond acceptors (Lipinski definition) is 8. The Morgan fingerprint density at radius 3 is 2.59 bits per heavy atom. The van der Waals surface area contributed by atoms with Gasteiger partial charge < -0.3 is 18.9 Å². The summed E-state index contributed by atoms with van der Waals surface area (Å²) in [4.78, 5) is 23.8. The van der Waals surface area contributed by atoms with Crippen LogP contribution in [0.4, 0.5) is 18.9 Å². The number of hydrogen-bond donors (Lipinski definition) is 0. The molecule has 1 aliphatic heterocycles. The van der Waals surface area contributed by atoms with Crippen LogP contribution in [0.2, 0.25) is 0 Å². The number of aryl methyl sites for hydroxylation is 1. The fourth-order valence-electron chi connectivity index (χ4n) is 4.03. The fourth-order valence-corrected chi connectivity index (χ4v) is 4.03. The number of aromatic nitrogens is 4. The van der Waals surface area contributed by atoms with Crippen molar-refractivity contribution in [3.8, 4) is 22.9 Å². The number of pyridine rings is 2. The van der Waals surface area contributed by atoms with E-state index in [1.807, 2.05) is 6.92 Å². The molecule has 0 saturated carbocycles. The van der Waals surface area contributed by atoms with Gasteiger partial charge in [-0.2, -0.15) is 18.3 Å². The van der Waals surface area contributed by atoms with Gasteiger partial charge in [-0.3, -0.25) is 14.4 Å². The zero-order valence-corrected chi connectivity index (χ0v) is 20.7. The minimum atomic E-state index is -4.46. The number of rotatable bonds is 10. The summed E-state index contributed by atoms with van der Waals surface area (Å²) in [5.41, 5.74) is 2.53. The Morgan fingerprint density at radius 1 is 1.14 bits per heavy atom. The molecule has 0 bridgehead atoms. The van der Waals surface area contributed by atoms with Gasteiger partial charge in [0, 0.05) is 25.1 Å². The zero-order valence-electron chi connectivity index (χ0n) is 20.7. The monoisotopic (exact) mass is 521 g/mol. The molecule has 1 unspecified atom stereocenters. The molecule has 4 heterocycles. The van der Waals surface area contributed by atoms with Crippen LogP contribution in [0.3, 0.4) is 0 Å². The molecule has 10 nitrogen and oxygen atoms in total. The van der Waals surface area contributed by atoms with E-state index < -0.39 is 24.9 Å². The first-order valence-electron chi connectivity index (χ1n) is 11.4. The van der Waals surface area contributed by atoms with Crippen LogP contribution in [0.5, 0.6) is 11.6 Å². The number of halogens is 3. The number of carbonyl (C=O) groups excluding carboxylic acids is 1. The second-order valence-electron chi connectivity index (χ2n) is 8.15. The van der Waals surface area contributed by atoms with Crippen molar-refractivity contribution in [2.75, 3.05) is 38.9 Å². The molecule has 1 aliphatic rings. The summed E-state index contributed by atoms with van der Waals surface area (Å²) in [5.74, 6) is 0.301. The second kappa shape index (κ2) is 10.7. The van der Waals surface area contributed by atoms with E-state index in [-0.39, 0.29) is 18.9 Å². The molecule has 3 aromatic rings. The van der Waals surface area contributed by atoms with E-state index in [1.165, 1.54) is 25.3 Å². The number of nitrogens with zero attached hydrogens (tertiary/aromatic N) is 5. The van der Waals surface area contributed by atoms with Gasteiger partial charge in [0.05, 0.1) is 50.1 Å². The van der Waals surface area contributed by atoms with Crippen molar-refractivity contribution >= 4 is 11.6 Å². The number of carbonyl (C=O) groups is 1. The highest BCUT2D eigenvalue weighted by molar-refractivity contribution is 6.11. The summed E-state index contributed by atoms with van der Waals surface area (Å²) in [6.45, 7) is 3.06. The first kappa shape index (κ1) is 26.4. The third-order valence-corrected chi connectivity index (χ3v) is 5.56. The van der Waals surface area contributed by atoms with E-state index in [1.54, 1.807) is 25.3 Å². The van der Waals surface area contributed by atoms with Crippen molar-refractivity contribution in [2.24, 2.45) is 0 Å². The van der Waals surface area contributed by atoms with Gasteiger partial charge in [-0.15, -0.1) is 0 Å². The van der Waals surface area contributed by atoms with Crippen molar-refractivity contribution in [3.63, 3.8) is 0 Å². The van der Waals surface area contributed by atoms with Crippen LogP contribution in [-0.4, -0.2) is 65.9 Å². The normalized spacial score (nSPS) is 15.3. The van der Waals surface area contributed by atoms with E-state index in [0.717, 1.165) is 10.9 Å². The maximum atomic E-state index is 13.5. The number of amides is 1. The molecule has 1 amide bonds. The van der Waals surface area contributed by atoms with E-state index in [0.29, 0.717) is 46.3 Å². The highest BCUT2D eigenvalue weighted by Crippen LogP contribution is 2.40. The zero-order chi connectivity index (χ0) is 26.7. The van der Waals surface area contributed by atoms with Gasteiger partial charge in [0.15, 0.2) is 12.0 Å². The van der Waals surface area contributed by atoms with Crippen molar-refractivity contribution in [1.29, 1.82) is 0 Å². The molecule has 0 radical (unpaired) electrons. The van der Waals surface area contributed by atoms with Crippen LogP contribution in [0.1, 0.15) is 34.8 Å². The molecule has 13 heteroatoms. The van der Waals surface area contributed by atoms with Crippen molar-refractivity contribution in [1.82, 2.24) is 19.7 Å². The van der Waals surface area contributed by atoms with E-state index in [9.17, 15) is 18.0 Å². The second-order valence-corrected chi connectivity index (χ2v) is 8.15. The quantitative estimate of drug-likeness (QED) is 0.370. The first-order chi connectivity index (χ1) is 17.7. The van der Waals surface area contributed by atoms with Crippen molar-refractivity contribution in [2.45, 2.75) is 32.8 Å². The maximum absolute atomic E-state index is 13.5. The Balaban J connectivity index is 1.76. The minimum absolute atomic E-state index is 0.116. The molecule has 0 aliphatic carbocycles. The maximum Gasteiger partial charge on any atom is 0.408 e. The van der Waals surface area contributed by atoms with Gasteiger partial charge in [0.1, 0.15) is 12.2 Å². The van der Waals surface area contributed by atoms with E-state index in [4.69, 9.17) is 23.9 Å². The van der Waals surface area contributed by atoms with Gasteiger partial charge in [0.2, 0.25) is 0 Å². The summed E-state index contributed by atoms with van der Waals surface area (Å²) < 4.78 is 61.2. The van der Waals surface area contributed by atoms with E-state index >= 15 is 0 Å². The Kier molecular flexibility index (Phi) is 7.64. The van der Waals surface area contributed by atoms with Crippen molar-refractivity contribution in [3.05, 3.63) is 47.5 Å². The van der Waals surface area contributed by atoms with Gasteiger partial charge in [-0.05, 0) is 31.5 Å². The van der Waals surface area contributed by atoms with Gasteiger partial charge >= 0.3 is 6.18 Å². The fraction of sp³-hybridized carbons (Fsp3) is 0.417. The first-order valence-corrected chi connectivity index (χ1v) is 11.4. The number of fused-ring (bicyclic) bond motifs is 1. The van der Waals surface area contributed by atoms with Crippen LogP contribution in [0.25, 0.3) is 11.3 Å². The number of alkyl halides is 3. The van der Waals surface area contributed by atoms with Crippen LogP contribution < -0.4 is 14.4 Å². The lowest BCUT2D eigenvalue weighted by molar-refractivity contribution is -0.142. The van der Waals surface area contributed by atoms with Gasteiger partial charge in [-0.1, -0.05) is 0 Å². The molecule has 3 aromatic heterocycles. The SMILES string of the molecule is CCOc1cc(-c2cc(C)c3c(n2)C(OCCOC)N(c2cnn(CC(F)(F)F)c2)C3=O)cnc1OC. The molecule has 0 spiro atoms. The highest BCUT2D eigenvalue weighted by atomic mass is 19.4. The van der Waals surface area contributed by atoms with Crippen molar-refractivity contribution < 1.29 is 36.9 Å². The standard InChI is InChI=1S/C24H26F3N5O5/c1-5-36-18-9-15(10-28-21(18)35-4)17-8-14(2)19-20(30-17)23(37-7-6-34-3)32(22(19)33)16-11-29-31(12-16)13-24(25,26)27/h8-12,23H,5-7,13H2,1-4H3. The van der Waals surface area contributed by atoms with Crippen LogP contribution in [0.15, 0.2) is 30.7 Å². The third-order valence-electron chi connectivity index (χ3n) is 5.56. The predicted octanol–water partition coefficient (Wildman–Crippen LogP) is 3.94. The Morgan fingerprint density at radius 2 is 1.92 bits per heavy atom. The molecule has 0 N–H and O–H groups in total. The summed E-state index contributed by atoms with van der Waals surface area (Å²) in [6.07, 6.45) is -1.54. The molecule has 0 fully saturated rings. The average Bonchev–Trinajstić information content (AvgIpc) is 3.40. The smallest absolute Gasteiger partial charge is 0.408 e. The molecular formula is C24H26F3N5O5. The molecule has 0 saturated heterocycles. The Labute approximate surface area is 210 Å². The topological polar surface area (TPSA) is 101 Å². The largest absolute Gasteiger partial charge is 0.488 e. The van der Waals surface area contributed by atoms with Gasteiger partial charge in [-0.25, -0.2) is 9.97 Å². The summed E-state index contributed by atoms with van der Waals surface area (Å²) in [5, 5.41) is 3.77. The summed E-state index contributed by atoms with van der Waals surface area (Å²) in [6, 6.07) is 3.47. The molecule has 37 heavy (non-hydrogen) atoms. The molecule has 1 atom stereocenters. The molecule has 4 rings (SSSR count). The third kappa shape index (κ3) is 5.52. The lowest BCUT2D eigenvalue weighted by Crippen LogP contribution is -2.30. The lowest BCUT2D eigenvalue weighted by Gasteiger charge is -2.23. The molecule has 0 aromatic carbocycles. The van der Waals surface area contributed by atoms with Gasteiger partial charge in [0.25, 0.3) is 11.8 Å². The minimum Gasteiger partial charge on any atom is -0.488 e. The molecular weight excluding hydrogens is 495 g/mol. The Hall–Kier alpha value is -3.71. The average molecular weight is 521 g/mol. The number of ether oxygens (including phenoxy) is 4. The summed E-state index contributed by atoms with van der Waals surface area (Å²) >= 11 is 0. The lowest BCUT2D eigenvalue weighted by atomic mass is 10.0. The van der Waals surface area contributed by atoms with Crippen LogP contribution in [0, 0.1) is 6.92 Å². The molecule has 198 valence electrons. The van der Waals surface area contributed by atoms with E-state index in [2.05, 4.69) is 10.1 Å². The van der Waals surface area contributed by atoms with Crippen LogP contribution in [-0.2, 0) is 16.0 Å². The highest BCUT2D eigenvalue weighted by Gasteiger charge is 2.42. The number of anilines is 1. The summed E-state index contributed by atoms with van der Waals surface area (Å²) in [7, 11) is 2.99. The number of methoxy groups -OCH3 is 2. The Bertz CT molecular complexity index is 1280. The van der Waals surface area contributed by atoms with Crippen LogP contribution >= 0.6 is 0 Å².